The molecule has 0 saturated heterocycles. The van der Waals surface area contributed by atoms with Gasteiger partial charge in [-0.05, 0) is 5.56 Å². The minimum atomic E-state index is -4.80. The largest absolute Gasteiger partial charge is 0.415 e. The van der Waals surface area contributed by atoms with Gasteiger partial charge in [-0.1, -0.05) is 30.3 Å². The van der Waals surface area contributed by atoms with E-state index in [1.165, 1.54) is 24.3 Å². The molecule has 5 heteroatoms. The van der Waals surface area contributed by atoms with E-state index in [4.69, 9.17) is 5.11 Å². The Bertz CT molecular complexity index is 296. The summed E-state index contributed by atoms with van der Waals surface area (Å²) in [7, 11) is 0. The number of benzene rings is 1. The van der Waals surface area contributed by atoms with Crippen molar-refractivity contribution in [2.24, 2.45) is 0 Å². The van der Waals surface area contributed by atoms with E-state index in [2.05, 4.69) is 0 Å². The lowest BCUT2D eigenvalue weighted by molar-refractivity contribution is -0.211. The molecule has 0 aromatic heterocycles. The van der Waals surface area contributed by atoms with Gasteiger partial charge in [0.1, 0.15) is 0 Å². The van der Waals surface area contributed by atoms with E-state index >= 15 is 0 Å². The second-order valence-electron chi connectivity index (χ2n) is 3.16. The van der Waals surface area contributed by atoms with E-state index in [1.54, 1.807) is 6.07 Å². The summed E-state index contributed by atoms with van der Waals surface area (Å²) in [6.07, 6.45) is -7.46. The highest BCUT2D eigenvalue weighted by Gasteiger charge is 2.44. The molecule has 1 N–H and O–H groups in total. The zero-order valence-electron chi connectivity index (χ0n) is 7.71. The van der Waals surface area contributed by atoms with Crippen LogP contribution in [0, 0.1) is 0 Å². The molecule has 84 valence electrons. The lowest BCUT2D eigenvalue weighted by atomic mass is 9.94. The Hall–Kier alpha value is -1.10. The molecule has 1 nitrogen and oxygen atoms in total. The second-order valence-corrected chi connectivity index (χ2v) is 3.16. The fraction of sp³-hybridized carbons (Fsp3) is 0.400. The quantitative estimate of drug-likeness (QED) is 0.779. The van der Waals surface area contributed by atoms with Gasteiger partial charge < -0.3 is 5.11 Å². The number of hydrogen-bond acceptors (Lipinski definition) is 1. The topological polar surface area (TPSA) is 20.2 Å². The van der Waals surface area contributed by atoms with Crippen LogP contribution in [0.5, 0.6) is 0 Å². The third-order valence-electron chi connectivity index (χ3n) is 2.11. The van der Waals surface area contributed by atoms with Crippen molar-refractivity contribution in [1.29, 1.82) is 0 Å². The summed E-state index contributed by atoms with van der Waals surface area (Å²) in [5.41, 5.74) is 0.143. The molecule has 0 aliphatic rings. The molecule has 1 aromatic rings. The number of rotatable bonds is 3. The SMILES string of the molecule is OC(C(CF)c1ccccc1)C(F)(F)F. The maximum atomic E-state index is 12.5. The summed E-state index contributed by atoms with van der Waals surface area (Å²) in [5.74, 6) is -1.55. The van der Waals surface area contributed by atoms with Crippen LogP contribution in [0.2, 0.25) is 0 Å². The highest BCUT2D eigenvalue weighted by Crippen LogP contribution is 2.31. The molecule has 0 fully saturated rings. The highest BCUT2D eigenvalue weighted by atomic mass is 19.4. The smallest absolute Gasteiger partial charge is 0.383 e. The summed E-state index contributed by atoms with van der Waals surface area (Å²) in [4.78, 5) is 0. The number of aliphatic hydroxyl groups is 1. The van der Waals surface area contributed by atoms with E-state index in [0.29, 0.717) is 0 Å². The molecule has 1 rings (SSSR count). The standard InChI is InChI=1S/C10H10F4O/c11-6-8(9(15)10(12,13)14)7-4-2-1-3-5-7/h1-5,8-9,15H,6H2. The first-order chi connectivity index (χ1) is 6.96. The molecule has 0 heterocycles. The molecule has 1 aromatic carbocycles. The third-order valence-corrected chi connectivity index (χ3v) is 2.11. The van der Waals surface area contributed by atoms with Gasteiger partial charge in [-0.3, -0.25) is 4.39 Å². The first kappa shape index (κ1) is 12.0. The fourth-order valence-corrected chi connectivity index (χ4v) is 1.28. The normalized spacial score (nSPS) is 16.1. The van der Waals surface area contributed by atoms with Crippen molar-refractivity contribution in [3.05, 3.63) is 35.9 Å². The molecular formula is C10H10F4O. The minimum absolute atomic E-state index is 0.143. The molecule has 0 bridgehead atoms. The van der Waals surface area contributed by atoms with Crippen molar-refractivity contribution < 1.29 is 22.7 Å². The summed E-state index contributed by atoms with van der Waals surface area (Å²) in [6.45, 7) is -1.25. The molecule has 0 aliphatic heterocycles. The van der Waals surface area contributed by atoms with Gasteiger partial charge in [-0.15, -0.1) is 0 Å². The molecule has 0 aliphatic carbocycles. The van der Waals surface area contributed by atoms with E-state index in [0.717, 1.165) is 0 Å². The average Bonchev–Trinajstić information content (AvgIpc) is 2.19. The molecular weight excluding hydrogens is 212 g/mol. The zero-order valence-corrected chi connectivity index (χ0v) is 7.71. The summed E-state index contributed by atoms with van der Waals surface area (Å²) in [5, 5.41) is 8.93. The zero-order chi connectivity index (χ0) is 11.5. The van der Waals surface area contributed by atoms with Crippen molar-refractivity contribution in [3.63, 3.8) is 0 Å². The van der Waals surface area contributed by atoms with Crippen molar-refractivity contribution >= 4 is 0 Å². The van der Waals surface area contributed by atoms with Crippen LogP contribution in [-0.2, 0) is 0 Å². The Morgan fingerprint density at radius 2 is 1.67 bits per heavy atom. The molecule has 2 unspecified atom stereocenters. The molecule has 2 atom stereocenters. The highest BCUT2D eigenvalue weighted by molar-refractivity contribution is 5.21. The van der Waals surface area contributed by atoms with Gasteiger partial charge >= 0.3 is 6.18 Å². The lowest BCUT2D eigenvalue weighted by Crippen LogP contribution is -2.35. The Morgan fingerprint density at radius 1 is 1.13 bits per heavy atom. The molecule has 0 radical (unpaired) electrons. The summed E-state index contributed by atoms with van der Waals surface area (Å²) >= 11 is 0. The molecule has 15 heavy (non-hydrogen) atoms. The van der Waals surface area contributed by atoms with E-state index in [1.807, 2.05) is 0 Å². The molecule has 0 saturated carbocycles. The van der Waals surface area contributed by atoms with Gasteiger partial charge in [0.15, 0.2) is 6.10 Å². The molecule has 0 amide bonds. The van der Waals surface area contributed by atoms with Crippen LogP contribution in [0.4, 0.5) is 17.6 Å². The average molecular weight is 222 g/mol. The van der Waals surface area contributed by atoms with Crippen LogP contribution in [-0.4, -0.2) is 24.1 Å². The van der Waals surface area contributed by atoms with Crippen LogP contribution in [0.1, 0.15) is 11.5 Å². The van der Waals surface area contributed by atoms with Crippen molar-refractivity contribution in [1.82, 2.24) is 0 Å². The summed E-state index contributed by atoms with van der Waals surface area (Å²) < 4.78 is 48.9. The maximum Gasteiger partial charge on any atom is 0.415 e. The number of halogens is 4. The van der Waals surface area contributed by atoms with Crippen LogP contribution < -0.4 is 0 Å². The first-order valence-electron chi connectivity index (χ1n) is 4.32. The Morgan fingerprint density at radius 3 is 2.07 bits per heavy atom. The van der Waals surface area contributed by atoms with Crippen LogP contribution in [0.3, 0.4) is 0 Å². The van der Waals surface area contributed by atoms with Gasteiger partial charge in [-0.2, -0.15) is 13.2 Å². The van der Waals surface area contributed by atoms with Crippen molar-refractivity contribution in [3.8, 4) is 0 Å². The minimum Gasteiger partial charge on any atom is -0.383 e. The number of aliphatic hydroxyl groups excluding tert-OH is 1. The molecule has 0 spiro atoms. The third kappa shape index (κ3) is 2.92. The fourth-order valence-electron chi connectivity index (χ4n) is 1.28. The second kappa shape index (κ2) is 4.61. The van der Waals surface area contributed by atoms with Crippen molar-refractivity contribution in [2.75, 3.05) is 6.67 Å². The van der Waals surface area contributed by atoms with Gasteiger partial charge in [0, 0.05) is 5.92 Å². The predicted molar refractivity (Wildman–Crippen MR) is 47.2 cm³/mol. The Kier molecular flexibility index (Phi) is 3.68. The number of hydrogen-bond donors (Lipinski definition) is 1. The predicted octanol–water partition coefficient (Wildman–Crippen LogP) is 2.66. The van der Waals surface area contributed by atoms with Gasteiger partial charge in [0.2, 0.25) is 0 Å². The number of alkyl halides is 4. The van der Waals surface area contributed by atoms with Crippen LogP contribution >= 0.6 is 0 Å². The van der Waals surface area contributed by atoms with Crippen molar-refractivity contribution in [2.45, 2.75) is 18.2 Å². The summed E-state index contributed by atoms with van der Waals surface area (Å²) in [6, 6.07) is 7.33. The van der Waals surface area contributed by atoms with E-state index in [-0.39, 0.29) is 5.56 Å². The first-order valence-corrected chi connectivity index (χ1v) is 4.32. The van der Waals surface area contributed by atoms with E-state index in [9.17, 15) is 17.6 Å². The van der Waals surface area contributed by atoms with E-state index < -0.39 is 24.9 Å². The Balaban J connectivity index is 2.90. The maximum absolute atomic E-state index is 12.5. The van der Waals surface area contributed by atoms with Crippen LogP contribution in [0.15, 0.2) is 30.3 Å². The van der Waals surface area contributed by atoms with Gasteiger partial charge in [-0.25, -0.2) is 0 Å². The van der Waals surface area contributed by atoms with Gasteiger partial charge in [0.05, 0.1) is 6.67 Å². The van der Waals surface area contributed by atoms with Crippen LogP contribution in [0.25, 0.3) is 0 Å². The Labute approximate surface area is 84.3 Å². The monoisotopic (exact) mass is 222 g/mol. The lowest BCUT2D eigenvalue weighted by Gasteiger charge is -2.22. The van der Waals surface area contributed by atoms with Gasteiger partial charge in [0.25, 0.3) is 0 Å².